The monoisotopic (exact) mass is 589 g/mol. The highest BCUT2D eigenvalue weighted by Crippen LogP contribution is 2.35. The molecule has 1 unspecified atom stereocenters. The van der Waals surface area contributed by atoms with E-state index in [0.717, 1.165) is 46.1 Å². The lowest BCUT2D eigenvalue weighted by atomic mass is 9.82. The number of halogens is 1. The van der Waals surface area contributed by atoms with Crippen LogP contribution in [0.3, 0.4) is 0 Å². The molecule has 5 nitrogen and oxygen atoms in total. The van der Waals surface area contributed by atoms with Gasteiger partial charge >= 0.3 is 0 Å². The molecular formula is C37H36ClN3O2. The molecule has 5 aromatic rings. The first-order valence-electron chi connectivity index (χ1n) is 15.0. The van der Waals surface area contributed by atoms with Crippen LogP contribution in [0.2, 0.25) is 5.02 Å². The summed E-state index contributed by atoms with van der Waals surface area (Å²) in [6.45, 7) is 0.891. The number of aromatic nitrogens is 2. The normalized spacial score (nSPS) is 14.7. The standard InChI is InChI=1S/C37H36ClN3O2/c38-30-18-19-31-32(23-30)40-35(41-37(31)36(39)29-14-8-3-9-15-29)21-17-26-16-20-33(42-24-27-10-4-1-5-11-27)34(22-26)43-25-28-12-6-2-7-13-28/h1-2,4-7,10-13,16-23,29,36H,3,8-9,14-15,24-25,39H2/b21-17+. The first kappa shape index (κ1) is 28.9. The maximum absolute atomic E-state index is 6.86. The van der Waals surface area contributed by atoms with E-state index in [9.17, 15) is 0 Å². The predicted molar refractivity (Wildman–Crippen MR) is 175 cm³/mol. The van der Waals surface area contributed by atoms with E-state index < -0.39 is 0 Å². The Hall–Kier alpha value is -4.19. The van der Waals surface area contributed by atoms with Crippen LogP contribution in [0.25, 0.3) is 23.1 Å². The van der Waals surface area contributed by atoms with Crippen LogP contribution in [0.15, 0.2) is 97.1 Å². The van der Waals surface area contributed by atoms with Crippen molar-refractivity contribution < 1.29 is 9.47 Å². The van der Waals surface area contributed by atoms with Gasteiger partial charge in [-0.15, -0.1) is 0 Å². The topological polar surface area (TPSA) is 70.3 Å². The second-order valence-electron chi connectivity index (χ2n) is 11.1. The Kier molecular flexibility index (Phi) is 9.31. The van der Waals surface area contributed by atoms with Crippen molar-refractivity contribution in [1.82, 2.24) is 9.97 Å². The SMILES string of the molecule is NC(c1nc(/C=C/c2ccc(OCc3ccccc3)c(OCc3ccccc3)c2)nc2cc(Cl)ccc12)C1CCCCC1. The molecular weight excluding hydrogens is 554 g/mol. The minimum absolute atomic E-state index is 0.141. The largest absolute Gasteiger partial charge is 0.485 e. The van der Waals surface area contributed by atoms with Crippen molar-refractivity contribution in [2.45, 2.75) is 51.4 Å². The van der Waals surface area contributed by atoms with Crippen molar-refractivity contribution in [1.29, 1.82) is 0 Å². The van der Waals surface area contributed by atoms with E-state index >= 15 is 0 Å². The van der Waals surface area contributed by atoms with E-state index in [0.29, 0.717) is 41.5 Å². The number of rotatable bonds is 10. The molecule has 1 saturated carbocycles. The number of ether oxygens (including phenoxy) is 2. The van der Waals surface area contributed by atoms with Crippen molar-refractivity contribution in [3.8, 4) is 11.5 Å². The van der Waals surface area contributed by atoms with Gasteiger partial charge in [-0.1, -0.05) is 104 Å². The van der Waals surface area contributed by atoms with Gasteiger partial charge in [0.1, 0.15) is 13.2 Å². The lowest BCUT2D eigenvalue weighted by Crippen LogP contribution is -2.25. The van der Waals surface area contributed by atoms with E-state index in [1.165, 1.54) is 19.3 Å². The van der Waals surface area contributed by atoms with E-state index in [-0.39, 0.29) is 6.04 Å². The second kappa shape index (κ2) is 13.9. The van der Waals surface area contributed by atoms with Crippen molar-refractivity contribution in [2.24, 2.45) is 11.7 Å². The van der Waals surface area contributed by atoms with E-state index in [4.69, 9.17) is 36.8 Å². The Morgan fingerprint density at radius 2 is 1.42 bits per heavy atom. The fourth-order valence-corrected chi connectivity index (χ4v) is 5.86. The van der Waals surface area contributed by atoms with Gasteiger partial charge in [-0.2, -0.15) is 0 Å². The van der Waals surface area contributed by atoms with Crippen molar-refractivity contribution in [3.63, 3.8) is 0 Å². The zero-order valence-electron chi connectivity index (χ0n) is 24.2. The lowest BCUT2D eigenvalue weighted by Gasteiger charge is -2.27. The summed E-state index contributed by atoms with van der Waals surface area (Å²) < 4.78 is 12.5. The van der Waals surface area contributed by atoms with Gasteiger partial charge in [0, 0.05) is 10.4 Å². The Balaban J connectivity index is 1.28. The van der Waals surface area contributed by atoms with Gasteiger partial charge < -0.3 is 15.2 Å². The summed E-state index contributed by atoms with van der Waals surface area (Å²) in [6, 6.07) is 31.8. The molecule has 1 aliphatic carbocycles. The van der Waals surface area contributed by atoms with E-state index in [2.05, 4.69) is 0 Å². The van der Waals surface area contributed by atoms with Crippen LogP contribution in [-0.2, 0) is 13.2 Å². The van der Waals surface area contributed by atoms with Gasteiger partial charge in [-0.25, -0.2) is 9.97 Å². The molecule has 4 aromatic carbocycles. The highest BCUT2D eigenvalue weighted by atomic mass is 35.5. The molecule has 0 amide bonds. The number of hydrogen-bond acceptors (Lipinski definition) is 5. The van der Waals surface area contributed by atoms with E-state index in [1.54, 1.807) is 0 Å². The molecule has 218 valence electrons. The molecule has 1 aromatic heterocycles. The predicted octanol–water partition coefficient (Wildman–Crippen LogP) is 9.19. The molecule has 0 radical (unpaired) electrons. The van der Waals surface area contributed by atoms with Crippen LogP contribution in [0, 0.1) is 5.92 Å². The third-order valence-electron chi connectivity index (χ3n) is 8.05. The zero-order chi connectivity index (χ0) is 29.4. The van der Waals surface area contributed by atoms with Crippen LogP contribution in [-0.4, -0.2) is 9.97 Å². The zero-order valence-corrected chi connectivity index (χ0v) is 24.9. The molecule has 1 aliphatic rings. The van der Waals surface area contributed by atoms with Crippen LogP contribution < -0.4 is 15.2 Å². The Bertz CT molecular complexity index is 1690. The van der Waals surface area contributed by atoms with Crippen LogP contribution >= 0.6 is 11.6 Å². The van der Waals surface area contributed by atoms with Crippen LogP contribution in [0.5, 0.6) is 11.5 Å². The summed E-state index contributed by atoms with van der Waals surface area (Å²) in [7, 11) is 0. The van der Waals surface area contributed by atoms with Crippen LogP contribution in [0.4, 0.5) is 0 Å². The van der Waals surface area contributed by atoms with Gasteiger partial charge in [0.15, 0.2) is 17.3 Å². The second-order valence-corrected chi connectivity index (χ2v) is 11.6. The average Bonchev–Trinajstić information content (AvgIpc) is 3.06. The van der Waals surface area contributed by atoms with Gasteiger partial charge in [-0.3, -0.25) is 0 Å². The number of nitrogens with two attached hydrogens (primary N) is 1. The minimum Gasteiger partial charge on any atom is -0.485 e. The molecule has 0 bridgehead atoms. The smallest absolute Gasteiger partial charge is 0.162 e. The Labute approximate surface area is 258 Å². The Morgan fingerprint density at radius 3 is 2.12 bits per heavy atom. The number of benzene rings is 4. The highest BCUT2D eigenvalue weighted by Gasteiger charge is 2.25. The van der Waals surface area contributed by atoms with Crippen LogP contribution in [0.1, 0.15) is 66.4 Å². The molecule has 0 aliphatic heterocycles. The fraction of sp³-hybridized carbons (Fsp3) is 0.243. The summed E-state index contributed by atoms with van der Waals surface area (Å²) in [5.41, 5.74) is 11.7. The molecule has 1 heterocycles. The molecule has 0 spiro atoms. The quantitative estimate of drug-likeness (QED) is 0.176. The summed E-state index contributed by atoms with van der Waals surface area (Å²) in [4.78, 5) is 9.80. The Morgan fingerprint density at radius 1 is 0.744 bits per heavy atom. The molecule has 6 rings (SSSR count). The van der Waals surface area contributed by atoms with Gasteiger partial charge in [0.2, 0.25) is 0 Å². The average molecular weight is 590 g/mol. The van der Waals surface area contributed by atoms with Gasteiger partial charge in [0.25, 0.3) is 0 Å². The van der Waals surface area contributed by atoms with Crippen molar-refractivity contribution >= 4 is 34.7 Å². The third-order valence-corrected chi connectivity index (χ3v) is 8.28. The molecule has 2 N–H and O–H groups in total. The maximum Gasteiger partial charge on any atom is 0.162 e. The molecule has 0 saturated heterocycles. The molecule has 1 fully saturated rings. The summed E-state index contributed by atoms with van der Waals surface area (Å²) in [5, 5.41) is 1.61. The first-order chi connectivity index (χ1) is 21.1. The summed E-state index contributed by atoms with van der Waals surface area (Å²) >= 11 is 6.36. The molecule has 43 heavy (non-hydrogen) atoms. The molecule has 1 atom stereocenters. The first-order valence-corrected chi connectivity index (χ1v) is 15.4. The lowest BCUT2D eigenvalue weighted by molar-refractivity contribution is 0.256. The maximum atomic E-state index is 6.86. The van der Waals surface area contributed by atoms with Crippen molar-refractivity contribution in [3.05, 3.63) is 130 Å². The molecule has 6 heteroatoms. The van der Waals surface area contributed by atoms with E-state index in [1.807, 2.05) is 109 Å². The van der Waals surface area contributed by atoms with Gasteiger partial charge in [0.05, 0.1) is 17.3 Å². The number of fused-ring (bicyclic) bond motifs is 1. The van der Waals surface area contributed by atoms with Crippen molar-refractivity contribution in [2.75, 3.05) is 0 Å². The summed E-state index contributed by atoms with van der Waals surface area (Å²) in [5.74, 6) is 2.39. The summed E-state index contributed by atoms with van der Waals surface area (Å²) in [6.07, 6.45) is 9.92. The highest BCUT2D eigenvalue weighted by molar-refractivity contribution is 6.31. The fourth-order valence-electron chi connectivity index (χ4n) is 5.69. The number of hydrogen-bond donors (Lipinski definition) is 1. The number of nitrogens with zero attached hydrogens (tertiary/aromatic N) is 2. The third kappa shape index (κ3) is 7.42. The van der Waals surface area contributed by atoms with Gasteiger partial charge in [-0.05, 0) is 71.9 Å². The minimum atomic E-state index is -0.141.